The SMILES string of the molecule is CO[Si](CN1C=CC(C)=CC1)(OC)OC. The van der Waals surface area contributed by atoms with Crippen molar-refractivity contribution in [3.8, 4) is 0 Å². The average molecular weight is 229 g/mol. The van der Waals surface area contributed by atoms with Gasteiger partial charge >= 0.3 is 8.80 Å². The van der Waals surface area contributed by atoms with E-state index in [-0.39, 0.29) is 0 Å². The molecule has 0 N–H and O–H groups in total. The maximum absolute atomic E-state index is 5.36. The molecule has 0 saturated carbocycles. The van der Waals surface area contributed by atoms with Crippen molar-refractivity contribution in [2.45, 2.75) is 6.92 Å². The van der Waals surface area contributed by atoms with Crippen LogP contribution in [0.3, 0.4) is 0 Å². The molecule has 0 radical (unpaired) electrons. The molecule has 0 aromatic rings. The Morgan fingerprint density at radius 2 is 1.87 bits per heavy atom. The summed E-state index contributed by atoms with van der Waals surface area (Å²) in [6, 6.07) is 0. The predicted octanol–water partition coefficient (Wildman–Crippen LogP) is 1.18. The molecule has 0 aromatic carbocycles. The van der Waals surface area contributed by atoms with Gasteiger partial charge in [0.25, 0.3) is 0 Å². The van der Waals surface area contributed by atoms with Crippen LogP contribution in [0.2, 0.25) is 0 Å². The Morgan fingerprint density at radius 3 is 2.27 bits per heavy atom. The highest BCUT2D eigenvalue weighted by Gasteiger charge is 2.39. The average Bonchev–Trinajstić information content (AvgIpc) is 2.29. The van der Waals surface area contributed by atoms with Gasteiger partial charge in [0, 0.05) is 27.9 Å². The molecule has 5 heteroatoms. The van der Waals surface area contributed by atoms with Crippen molar-refractivity contribution in [3.05, 3.63) is 23.9 Å². The minimum absolute atomic E-state index is 0.677. The lowest BCUT2D eigenvalue weighted by Crippen LogP contribution is -2.52. The molecule has 0 atom stereocenters. The van der Waals surface area contributed by atoms with Gasteiger partial charge in [-0.15, -0.1) is 0 Å². The highest BCUT2D eigenvalue weighted by atomic mass is 28.4. The third-order valence-corrected chi connectivity index (χ3v) is 5.19. The van der Waals surface area contributed by atoms with E-state index in [1.807, 2.05) is 6.20 Å². The summed E-state index contributed by atoms with van der Waals surface area (Å²) in [5.74, 6) is 0. The van der Waals surface area contributed by atoms with Gasteiger partial charge in [0.2, 0.25) is 0 Å². The maximum atomic E-state index is 5.36. The van der Waals surface area contributed by atoms with Crippen LogP contribution in [0.4, 0.5) is 0 Å². The zero-order chi connectivity index (χ0) is 11.3. The number of allylic oxidation sites excluding steroid dienone is 2. The summed E-state index contributed by atoms with van der Waals surface area (Å²) in [5, 5.41) is 0. The molecule has 0 aliphatic carbocycles. The van der Waals surface area contributed by atoms with Crippen LogP contribution in [0.25, 0.3) is 0 Å². The summed E-state index contributed by atoms with van der Waals surface area (Å²) >= 11 is 0. The van der Waals surface area contributed by atoms with Gasteiger partial charge < -0.3 is 18.2 Å². The highest BCUT2D eigenvalue weighted by molar-refractivity contribution is 6.60. The summed E-state index contributed by atoms with van der Waals surface area (Å²) in [5.41, 5.74) is 1.28. The van der Waals surface area contributed by atoms with E-state index in [4.69, 9.17) is 13.3 Å². The van der Waals surface area contributed by atoms with E-state index in [0.29, 0.717) is 6.17 Å². The van der Waals surface area contributed by atoms with Crippen LogP contribution in [-0.2, 0) is 13.3 Å². The second-order valence-electron chi connectivity index (χ2n) is 3.49. The second-order valence-corrected chi connectivity index (χ2v) is 6.40. The van der Waals surface area contributed by atoms with Crippen molar-refractivity contribution >= 4 is 8.80 Å². The van der Waals surface area contributed by atoms with Crippen LogP contribution in [0, 0.1) is 0 Å². The zero-order valence-electron chi connectivity index (χ0n) is 9.82. The van der Waals surface area contributed by atoms with E-state index in [2.05, 4.69) is 24.0 Å². The molecule has 0 spiro atoms. The normalized spacial score (nSPS) is 16.8. The van der Waals surface area contributed by atoms with Crippen molar-refractivity contribution < 1.29 is 13.3 Å². The van der Waals surface area contributed by atoms with Crippen molar-refractivity contribution in [2.24, 2.45) is 0 Å². The molecule has 1 aliphatic rings. The van der Waals surface area contributed by atoms with Crippen molar-refractivity contribution in [2.75, 3.05) is 34.0 Å². The van der Waals surface area contributed by atoms with Crippen molar-refractivity contribution in [1.29, 1.82) is 0 Å². The molecule has 15 heavy (non-hydrogen) atoms. The Labute approximate surface area is 92.5 Å². The first kappa shape index (κ1) is 12.4. The number of nitrogens with zero attached hydrogens (tertiary/aromatic N) is 1. The minimum Gasteiger partial charge on any atom is -0.376 e. The van der Waals surface area contributed by atoms with E-state index in [1.54, 1.807) is 21.3 Å². The molecule has 0 amide bonds. The summed E-state index contributed by atoms with van der Waals surface area (Å²) < 4.78 is 16.1. The van der Waals surface area contributed by atoms with Crippen LogP contribution in [0.1, 0.15) is 6.92 Å². The summed E-state index contributed by atoms with van der Waals surface area (Å²) in [7, 11) is 2.42. The number of rotatable bonds is 5. The van der Waals surface area contributed by atoms with Crippen molar-refractivity contribution in [3.63, 3.8) is 0 Å². The van der Waals surface area contributed by atoms with Gasteiger partial charge in [-0.2, -0.15) is 0 Å². The molecule has 1 aliphatic heterocycles. The molecule has 4 nitrogen and oxygen atoms in total. The van der Waals surface area contributed by atoms with Crippen LogP contribution >= 0.6 is 0 Å². The van der Waals surface area contributed by atoms with E-state index in [0.717, 1.165) is 6.54 Å². The first-order valence-electron chi connectivity index (χ1n) is 4.90. The lowest BCUT2D eigenvalue weighted by atomic mass is 10.2. The monoisotopic (exact) mass is 229 g/mol. The van der Waals surface area contributed by atoms with E-state index in [9.17, 15) is 0 Å². The standard InChI is InChI=1S/C10H19NO3Si/c1-10-5-7-11(8-6-10)9-15(12-2,13-3)14-4/h5-7H,8-9H2,1-4H3. The molecular weight excluding hydrogens is 210 g/mol. The third kappa shape index (κ3) is 3.17. The smallest absolute Gasteiger partial charge is 0.376 e. The fraction of sp³-hybridized carbons (Fsp3) is 0.600. The van der Waals surface area contributed by atoms with Gasteiger partial charge in [-0.05, 0) is 19.2 Å². The summed E-state index contributed by atoms with van der Waals surface area (Å²) in [6.45, 7) is 2.97. The first-order chi connectivity index (χ1) is 7.15. The summed E-state index contributed by atoms with van der Waals surface area (Å²) in [4.78, 5) is 2.13. The Bertz CT molecular complexity index is 253. The lowest BCUT2D eigenvalue weighted by Gasteiger charge is -2.31. The van der Waals surface area contributed by atoms with E-state index < -0.39 is 8.80 Å². The molecular formula is C10H19NO3Si. The molecule has 1 rings (SSSR count). The van der Waals surface area contributed by atoms with Crippen LogP contribution in [-0.4, -0.2) is 47.7 Å². The van der Waals surface area contributed by atoms with Gasteiger partial charge in [0.05, 0.1) is 6.17 Å². The Kier molecular flexibility index (Phi) is 4.53. The first-order valence-corrected chi connectivity index (χ1v) is 6.83. The van der Waals surface area contributed by atoms with E-state index >= 15 is 0 Å². The van der Waals surface area contributed by atoms with Crippen LogP contribution in [0.5, 0.6) is 0 Å². The topological polar surface area (TPSA) is 30.9 Å². The van der Waals surface area contributed by atoms with Crippen molar-refractivity contribution in [1.82, 2.24) is 4.90 Å². The molecule has 0 aromatic heterocycles. The predicted molar refractivity (Wildman–Crippen MR) is 61.3 cm³/mol. The Morgan fingerprint density at radius 1 is 1.27 bits per heavy atom. The lowest BCUT2D eigenvalue weighted by molar-refractivity contribution is 0.111. The Balaban J connectivity index is 2.57. The van der Waals surface area contributed by atoms with Gasteiger partial charge in [-0.1, -0.05) is 11.6 Å². The number of hydrogen-bond acceptors (Lipinski definition) is 4. The quantitative estimate of drug-likeness (QED) is 0.662. The minimum atomic E-state index is -2.48. The van der Waals surface area contributed by atoms with Crippen LogP contribution < -0.4 is 0 Å². The maximum Gasteiger partial charge on any atom is 0.520 e. The molecule has 1 heterocycles. The largest absolute Gasteiger partial charge is 0.520 e. The van der Waals surface area contributed by atoms with E-state index in [1.165, 1.54) is 5.57 Å². The molecule has 0 unspecified atom stereocenters. The molecule has 86 valence electrons. The van der Waals surface area contributed by atoms with Gasteiger partial charge in [0.15, 0.2) is 0 Å². The molecule has 0 saturated heterocycles. The zero-order valence-corrected chi connectivity index (χ0v) is 10.8. The van der Waals surface area contributed by atoms with Gasteiger partial charge in [0.1, 0.15) is 0 Å². The highest BCUT2D eigenvalue weighted by Crippen LogP contribution is 2.12. The molecule has 0 fully saturated rings. The second kappa shape index (κ2) is 5.46. The van der Waals surface area contributed by atoms with Gasteiger partial charge in [-0.3, -0.25) is 0 Å². The fourth-order valence-corrected chi connectivity index (χ4v) is 3.04. The summed E-state index contributed by atoms with van der Waals surface area (Å²) in [6.07, 6.45) is 6.97. The Hall–Kier alpha value is -0.623. The third-order valence-electron chi connectivity index (χ3n) is 2.53. The fourth-order valence-electron chi connectivity index (χ4n) is 1.42. The molecule has 0 bridgehead atoms. The number of hydrogen-bond donors (Lipinski definition) is 0. The van der Waals surface area contributed by atoms with Crippen LogP contribution in [0.15, 0.2) is 23.9 Å². The van der Waals surface area contributed by atoms with Gasteiger partial charge in [-0.25, -0.2) is 0 Å².